The molecule has 5 atom stereocenters. The van der Waals surface area contributed by atoms with Gasteiger partial charge in [0, 0.05) is 17.0 Å². The molecule has 2 heteroatoms. The Bertz CT molecular complexity index is 460. The van der Waals surface area contributed by atoms with Gasteiger partial charge in [-0.05, 0) is 41.4 Å². The Balaban J connectivity index is 1.89. The van der Waals surface area contributed by atoms with Crippen molar-refractivity contribution < 1.29 is 4.57 Å². The maximum atomic E-state index is 13.7. The van der Waals surface area contributed by atoms with Crippen molar-refractivity contribution in [3.8, 4) is 0 Å². The number of fused-ring (bicyclic) bond motifs is 2. The first-order valence-corrected chi connectivity index (χ1v) is 10.00. The number of hydrogen-bond acceptors (Lipinski definition) is 1. The van der Waals surface area contributed by atoms with Gasteiger partial charge in [-0.25, -0.2) is 0 Å². The molecule has 1 saturated heterocycles. The fourth-order valence-electron chi connectivity index (χ4n) is 5.60. The van der Waals surface area contributed by atoms with Gasteiger partial charge in [0.05, 0.1) is 7.14 Å². The Hall–Kier alpha value is 0.230. The summed E-state index contributed by atoms with van der Waals surface area (Å²) in [5.74, 6) is 2.33. The zero-order chi connectivity index (χ0) is 14.4. The minimum absolute atomic E-state index is 0.0485. The molecule has 1 nitrogen and oxygen atoms in total. The number of rotatable bonds is 1. The predicted octanol–water partition coefficient (Wildman–Crippen LogP) is 5.24. The van der Waals surface area contributed by atoms with Crippen molar-refractivity contribution in [1.82, 2.24) is 0 Å². The van der Waals surface area contributed by atoms with E-state index in [2.05, 4.69) is 48.5 Å². The molecular weight excluding hydrogens is 251 g/mol. The van der Waals surface area contributed by atoms with E-state index in [9.17, 15) is 4.57 Å². The Morgan fingerprint density at radius 3 is 1.95 bits per heavy atom. The summed E-state index contributed by atoms with van der Waals surface area (Å²) in [6, 6.07) is 0. The van der Waals surface area contributed by atoms with Gasteiger partial charge in [-0.3, -0.25) is 0 Å². The van der Waals surface area contributed by atoms with Gasteiger partial charge in [0.2, 0.25) is 0 Å². The summed E-state index contributed by atoms with van der Waals surface area (Å²) in [6.45, 7) is 16.4. The minimum Gasteiger partial charge on any atom is -0.323 e. The molecule has 4 aliphatic rings. The molecule has 0 amide bonds. The summed E-state index contributed by atoms with van der Waals surface area (Å²) in [5, 5.41) is 0.0485. The highest BCUT2D eigenvalue weighted by molar-refractivity contribution is 7.68. The fraction of sp³-hybridized carbons (Fsp3) is 1.00. The molecule has 0 radical (unpaired) electrons. The Kier molecular flexibility index (Phi) is 2.62. The second-order valence-electron chi connectivity index (χ2n) is 9.42. The molecule has 4 fully saturated rings. The molecule has 4 rings (SSSR count). The van der Waals surface area contributed by atoms with Crippen molar-refractivity contribution in [1.29, 1.82) is 0 Å². The maximum Gasteiger partial charge on any atom is 0.0973 e. The summed E-state index contributed by atoms with van der Waals surface area (Å²) in [5.41, 5.74) is 1.30. The average molecular weight is 282 g/mol. The van der Waals surface area contributed by atoms with Crippen LogP contribution in [-0.2, 0) is 4.57 Å². The lowest BCUT2D eigenvalue weighted by molar-refractivity contribution is -0.0979. The highest BCUT2D eigenvalue weighted by atomic mass is 31.2. The zero-order valence-corrected chi connectivity index (χ0v) is 14.7. The standard InChI is InChI=1S/C17H31OP/c1-11-13-8-12(16(13,4)5)9-14(11)19(18)10-15(2,3)17(19,6)7/h11-14H,8-10H2,1-7H3/t11-,12+,13-,14-,19-/m1/s1. The van der Waals surface area contributed by atoms with Crippen molar-refractivity contribution >= 4 is 7.14 Å². The van der Waals surface area contributed by atoms with Crippen molar-refractivity contribution in [2.45, 2.75) is 72.1 Å². The minimum atomic E-state index is -2.01. The van der Waals surface area contributed by atoms with E-state index in [0.29, 0.717) is 17.0 Å². The monoisotopic (exact) mass is 282 g/mol. The van der Waals surface area contributed by atoms with Gasteiger partial charge in [-0.1, -0.05) is 48.5 Å². The van der Waals surface area contributed by atoms with E-state index in [-0.39, 0.29) is 10.6 Å². The first-order chi connectivity index (χ1) is 8.45. The van der Waals surface area contributed by atoms with Gasteiger partial charge in [0.25, 0.3) is 0 Å². The van der Waals surface area contributed by atoms with Crippen LogP contribution in [0.15, 0.2) is 0 Å². The second-order valence-corrected chi connectivity index (χ2v) is 13.1. The smallest absolute Gasteiger partial charge is 0.0973 e. The van der Waals surface area contributed by atoms with Crippen LogP contribution in [0, 0.1) is 28.6 Å². The summed E-state index contributed by atoms with van der Waals surface area (Å²) >= 11 is 0. The Morgan fingerprint density at radius 2 is 1.58 bits per heavy atom. The molecule has 1 heterocycles. The lowest BCUT2D eigenvalue weighted by atomic mass is 9.46. The van der Waals surface area contributed by atoms with Gasteiger partial charge in [0.1, 0.15) is 0 Å². The van der Waals surface area contributed by atoms with Gasteiger partial charge < -0.3 is 4.57 Å². The lowest BCUT2D eigenvalue weighted by Crippen LogP contribution is -2.62. The van der Waals surface area contributed by atoms with E-state index in [4.69, 9.17) is 0 Å². The lowest BCUT2D eigenvalue weighted by Gasteiger charge is -2.68. The fourth-order valence-corrected chi connectivity index (χ4v) is 11.0. The van der Waals surface area contributed by atoms with Gasteiger partial charge >= 0.3 is 0 Å². The first kappa shape index (κ1) is 14.2. The molecular formula is C17H31OP. The van der Waals surface area contributed by atoms with E-state index in [0.717, 1.165) is 18.0 Å². The van der Waals surface area contributed by atoms with Crippen LogP contribution in [0.1, 0.15) is 61.3 Å². The van der Waals surface area contributed by atoms with Gasteiger partial charge in [0.15, 0.2) is 0 Å². The topological polar surface area (TPSA) is 17.1 Å². The van der Waals surface area contributed by atoms with Crippen LogP contribution >= 0.6 is 7.14 Å². The van der Waals surface area contributed by atoms with Crippen molar-refractivity contribution in [3.63, 3.8) is 0 Å². The third-order valence-electron chi connectivity index (χ3n) is 8.08. The molecule has 0 aromatic heterocycles. The maximum absolute atomic E-state index is 13.7. The van der Waals surface area contributed by atoms with Crippen LogP contribution in [0.2, 0.25) is 0 Å². The van der Waals surface area contributed by atoms with E-state index in [1.54, 1.807) is 0 Å². The van der Waals surface area contributed by atoms with Crippen LogP contribution in [0.25, 0.3) is 0 Å². The average Bonchev–Trinajstić information content (AvgIpc) is 2.27. The summed E-state index contributed by atoms with van der Waals surface area (Å²) in [4.78, 5) is 0. The highest BCUT2D eigenvalue weighted by Gasteiger charge is 2.69. The SMILES string of the molecule is C[C@@H]1[C@H]2C[C@@H](C[C@H]1[P@]1(=O)CC(C)(C)C1(C)C)C2(C)C. The molecule has 2 bridgehead atoms. The van der Waals surface area contributed by atoms with Crippen LogP contribution in [0.3, 0.4) is 0 Å². The molecule has 3 aliphatic carbocycles. The highest BCUT2D eigenvalue weighted by Crippen LogP contribution is 2.83. The van der Waals surface area contributed by atoms with E-state index < -0.39 is 7.14 Å². The summed E-state index contributed by atoms with van der Waals surface area (Å²) in [7, 11) is -2.01. The van der Waals surface area contributed by atoms with E-state index >= 15 is 0 Å². The molecule has 0 N–H and O–H groups in total. The van der Waals surface area contributed by atoms with Crippen LogP contribution in [0.5, 0.6) is 0 Å². The predicted molar refractivity (Wildman–Crippen MR) is 83.3 cm³/mol. The molecule has 0 spiro atoms. The van der Waals surface area contributed by atoms with Crippen molar-refractivity contribution in [2.24, 2.45) is 28.6 Å². The van der Waals surface area contributed by atoms with Crippen molar-refractivity contribution in [2.75, 3.05) is 6.16 Å². The molecule has 1 aliphatic heterocycles. The Labute approximate surface area is 119 Å². The van der Waals surface area contributed by atoms with E-state index in [1.165, 1.54) is 12.8 Å². The van der Waals surface area contributed by atoms with E-state index in [1.807, 2.05) is 0 Å². The van der Waals surface area contributed by atoms with Gasteiger partial charge in [-0.15, -0.1) is 0 Å². The normalized spacial score (nSPS) is 53.0. The molecule has 0 aromatic rings. The van der Waals surface area contributed by atoms with Crippen LogP contribution in [0.4, 0.5) is 0 Å². The molecule has 3 saturated carbocycles. The second kappa shape index (κ2) is 3.52. The largest absolute Gasteiger partial charge is 0.323 e. The quantitative estimate of drug-likeness (QED) is 0.601. The molecule has 19 heavy (non-hydrogen) atoms. The third-order valence-corrected chi connectivity index (χ3v) is 13.6. The molecule has 0 aromatic carbocycles. The first-order valence-electron chi connectivity index (χ1n) is 8.04. The van der Waals surface area contributed by atoms with Crippen LogP contribution < -0.4 is 0 Å². The number of hydrogen-bond donors (Lipinski definition) is 0. The summed E-state index contributed by atoms with van der Waals surface area (Å²) < 4.78 is 13.7. The third kappa shape index (κ3) is 1.42. The Morgan fingerprint density at radius 1 is 1.00 bits per heavy atom. The molecule has 110 valence electrons. The van der Waals surface area contributed by atoms with Gasteiger partial charge in [-0.2, -0.15) is 0 Å². The zero-order valence-electron chi connectivity index (χ0n) is 13.8. The van der Waals surface area contributed by atoms with Crippen LogP contribution in [-0.4, -0.2) is 17.0 Å². The molecule has 0 unspecified atom stereocenters. The summed E-state index contributed by atoms with van der Waals surface area (Å²) in [6.07, 6.45) is 3.62. The van der Waals surface area contributed by atoms with Crippen molar-refractivity contribution in [3.05, 3.63) is 0 Å².